The van der Waals surface area contributed by atoms with E-state index in [0.29, 0.717) is 26.1 Å². The molecule has 0 aliphatic carbocycles. The van der Waals surface area contributed by atoms with Crippen LogP contribution >= 0.6 is 11.5 Å². The van der Waals surface area contributed by atoms with Crippen LogP contribution in [-0.4, -0.2) is 49.3 Å². The SMILES string of the molecule is O=C(CN(Cc1ccccc1)c1nc(Cc2ccccc2)ns1)N1CCC(n2c(=O)[nH]c3ccccc32)CC1. The summed E-state index contributed by atoms with van der Waals surface area (Å²) in [6, 6.07) is 28.1. The number of fused-ring (bicyclic) bond motifs is 1. The maximum absolute atomic E-state index is 13.5. The third-order valence-electron chi connectivity index (χ3n) is 7.28. The number of nitrogens with zero attached hydrogens (tertiary/aromatic N) is 5. The van der Waals surface area contributed by atoms with Gasteiger partial charge in [-0.05, 0) is 36.1 Å². The van der Waals surface area contributed by atoms with Crippen LogP contribution in [0.2, 0.25) is 0 Å². The van der Waals surface area contributed by atoms with Gasteiger partial charge in [0, 0.05) is 43.6 Å². The number of carbonyl (C=O) groups excluding carboxylic acids is 1. The van der Waals surface area contributed by atoms with Gasteiger partial charge in [-0.25, -0.2) is 9.78 Å². The molecule has 1 N–H and O–H groups in total. The molecule has 0 spiro atoms. The molecule has 0 bridgehead atoms. The Labute approximate surface area is 230 Å². The second-order valence-electron chi connectivity index (χ2n) is 9.93. The predicted octanol–water partition coefficient (Wildman–Crippen LogP) is 4.64. The first-order chi connectivity index (χ1) is 19.1. The molecule has 3 heterocycles. The molecule has 5 aromatic rings. The van der Waals surface area contributed by atoms with Crippen molar-refractivity contribution in [3.05, 3.63) is 112 Å². The predicted molar refractivity (Wildman–Crippen MR) is 154 cm³/mol. The third kappa shape index (κ3) is 5.63. The fraction of sp³-hybridized carbons (Fsp3) is 0.267. The summed E-state index contributed by atoms with van der Waals surface area (Å²) in [6.45, 7) is 2.04. The van der Waals surface area contributed by atoms with Crippen LogP contribution in [0.5, 0.6) is 0 Å². The monoisotopic (exact) mass is 538 g/mol. The number of likely N-dealkylation sites (tertiary alicyclic amines) is 1. The number of rotatable bonds is 8. The molecule has 1 saturated heterocycles. The minimum atomic E-state index is -0.0856. The first kappa shape index (κ1) is 25.1. The molecule has 8 nitrogen and oxygen atoms in total. The molecule has 3 aromatic carbocycles. The summed E-state index contributed by atoms with van der Waals surface area (Å²) in [5, 5.41) is 0.748. The zero-order valence-electron chi connectivity index (χ0n) is 21.6. The lowest BCUT2D eigenvalue weighted by Crippen LogP contribution is -2.45. The molecule has 198 valence electrons. The molecule has 1 amide bonds. The van der Waals surface area contributed by atoms with Crippen molar-refractivity contribution in [1.29, 1.82) is 0 Å². The summed E-state index contributed by atoms with van der Waals surface area (Å²) in [7, 11) is 0. The number of imidazole rings is 1. The number of para-hydroxylation sites is 2. The molecular formula is C30H30N6O2S. The largest absolute Gasteiger partial charge is 0.341 e. The first-order valence-corrected chi connectivity index (χ1v) is 14.0. The normalized spacial score (nSPS) is 14.1. The summed E-state index contributed by atoms with van der Waals surface area (Å²) >= 11 is 1.34. The third-order valence-corrected chi connectivity index (χ3v) is 8.10. The first-order valence-electron chi connectivity index (χ1n) is 13.3. The van der Waals surface area contributed by atoms with E-state index in [1.54, 1.807) is 0 Å². The molecule has 0 saturated carbocycles. The van der Waals surface area contributed by atoms with Crippen molar-refractivity contribution in [2.45, 2.75) is 31.8 Å². The highest BCUT2D eigenvalue weighted by Gasteiger charge is 2.27. The average Bonchev–Trinajstić information content (AvgIpc) is 3.57. The molecule has 0 unspecified atom stereocenters. The zero-order chi connectivity index (χ0) is 26.6. The molecule has 1 aliphatic rings. The highest BCUT2D eigenvalue weighted by Crippen LogP contribution is 2.26. The van der Waals surface area contributed by atoms with Crippen LogP contribution in [0.1, 0.15) is 35.8 Å². The van der Waals surface area contributed by atoms with Gasteiger partial charge in [0.1, 0.15) is 5.82 Å². The maximum Gasteiger partial charge on any atom is 0.326 e. The van der Waals surface area contributed by atoms with Gasteiger partial charge in [-0.15, -0.1) is 0 Å². The average molecular weight is 539 g/mol. The van der Waals surface area contributed by atoms with E-state index in [0.717, 1.165) is 46.0 Å². The summed E-state index contributed by atoms with van der Waals surface area (Å²) in [5.74, 6) is 0.826. The second-order valence-corrected chi connectivity index (χ2v) is 10.7. The number of carbonyl (C=O) groups is 1. The Bertz CT molecular complexity index is 1600. The van der Waals surface area contributed by atoms with Crippen LogP contribution in [-0.2, 0) is 17.8 Å². The van der Waals surface area contributed by atoms with Crippen LogP contribution in [0.25, 0.3) is 11.0 Å². The lowest BCUT2D eigenvalue weighted by Gasteiger charge is -2.34. The fourth-order valence-electron chi connectivity index (χ4n) is 5.29. The standard InChI is InChI=1S/C30H30N6O2S/c37-28(34-17-15-24(16-18-34)36-26-14-8-7-13-25(26)31-29(36)38)21-35(20-23-11-5-2-6-12-23)30-32-27(33-39-30)19-22-9-3-1-4-10-22/h1-14,24H,15-21H2,(H,31,38). The number of hydrogen-bond donors (Lipinski definition) is 1. The van der Waals surface area contributed by atoms with Gasteiger partial charge in [-0.3, -0.25) is 9.36 Å². The van der Waals surface area contributed by atoms with Crippen LogP contribution in [0.3, 0.4) is 0 Å². The number of nitrogens with one attached hydrogen (secondary N) is 1. The lowest BCUT2D eigenvalue weighted by molar-refractivity contribution is -0.131. The number of hydrogen-bond acceptors (Lipinski definition) is 6. The Morgan fingerprint density at radius 1 is 0.923 bits per heavy atom. The number of anilines is 1. The molecule has 0 radical (unpaired) electrons. The quantitative estimate of drug-likeness (QED) is 0.311. The Balaban J connectivity index is 1.15. The summed E-state index contributed by atoms with van der Waals surface area (Å²) < 4.78 is 6.45. The molecule has 39 heavy (non-hydrogen) atoms. The summed E-state index contributed by atoms with van der Waals surface area (Å²) in [6.07, 6.45) is 2.14. The molecule has 9 heteroatoms. The Kier molecular flexibility index (Phi) is 7.23. The number of amides is 1. The Morgan fingerprint density at radius 3 is 2.33 bits per heavy atom. The number of aromatic nitrogens is 4. The van der Waals surface area contributed by atoms with Crippen molar-refractivity contribution in [2.75, 3.05) is 24.5 Å². The van der Waals surface area contributed by atoms with Crippen molar-refractivity contribution in [2.24, 2.45) is 0 Å². The van der Waals surface area contributed by atoms with Crippen molar-refractivity contribution in [3.63, 3.8) is 0 Å². The smallest absolute Gasteiger partial charge is 0.326 e. The van der Waals surface area contributed by atoms with Gasteiger partial charge >= 0.3 is 5.69 Å². The van der Waals surface area contributed by atoms with Gasteiger partial charge in [0.15, 0.2) is 0 Å². The number of H-pyrrole nitrogens is 1. The van der Waals surface area contributed by atoms with E-state index < -0.39 is 0 Å². The van der Waals surface area contributed by atoms with Crippen LogP contribution in [0.4, 0.5) is 5.13 Å². The van der Waals surface area contributed by atoms with Crippen LogP contribution < -0.4 is 10.6 Å². The van der Waals surface area contributed by atoms with E-state index in [4.69, 9.17) is 4.98 Å². The highest BCUT2D eigenvalue weighted by molar-refractivity contribution is 7.09. The minimum absolute atomic E-state index is 0.0652. The van der Waals surface area contributed by atoms with Crippen molar-refractivity contribution >= 4 is 33.6 Å². The molecule has 0 atom stereocenters. The molecule has 6 rings (SSSR count). The fourth-order valence-corrected chi connectivity index (χ4v) is 5.98. The maximum atomic E-state index is 13.5. The van der Waals surface area contributed by atoms with E-state index in [1.807, 2.05) is 75.0 Å². The number of aromatic amines is 1. The second kappa shape index (κ2) is 11.2. The van der Waals surface area contributed by atoms with E-state index in [-0.39, 0.29) is 24.2 Å². The molecule has 1 fully saturated rings. The van der Waals surface area contributed by atoms with Crippen LogP contribution in [0.15, 0.2) is 89.7 Å². The van der Waals surface area contributed by atoms with Crippen molar-refractivity contribution in [3.8, 4) is 0 Å². The number of piperidine rings is 1. The highest BCUT2D eigenvalue weighted by atomic mass is 32.1. The summed E-state index contributed by atoms with van der Waals surface area (Å²) in [5.41, 5.74) is 3.95. The van der Waals surface area contributed by atoms with Gasteiger partial charge in [0.25, 0.3) is 0 Å². The van der Waals surface area contributed by atoms with Gasteiger partial charge in [0.2, 0.25) is 11.0 Å². The Morgan fingerprint density at radius 2 is 1.59 bits per heavy atom. The van der Waals surface area contributed by atoms with Crippen molar-refractivity contribution in [1.82, 2.24) is 23.8 Å². The van der Waals surface area contributed by atoms with E-state index in [2.05, 4.69) is 33.6 Å². The number of benzene rings is 3. The van der Waals surface area contributed by atoms with E-state index in [9.17, 15) is 9.59 Å². The molecular weight excluding hydrogens is 508 g/mol. The van der Waals surface area contributed by atoms with Gasteiger partial charge in [-0.2, -0.15) is 4.37 Å². The molecule has 2 aromatic heterocycles. The van der Waals surface area contributed by atoms with E-state index >= 15 is 0 Å². The van der Waals surface area contributed by atoms with Gasteiger partial charge in [-0.1, -0.05) is 72.8 Å². The summed E-state index contributed by atoms with van der Waals surface area (Å²) in [4.78, 5) is 37.9. The van der Waals surface area contributed by atoms with Gasteiger partial charge in [0.05, 0.1) is 17.6 Å². The minimum Gasteiger partial charge on any atom is -0.341 e. The topological polar surface area (TPSA) is 87.1 Å². The van der Waals surface area contributed by atoms with Crippen LogP contribution in [0, 0.1) is 0 Å². The Hall–Kier alpha value is -4.24. The zero-order valence-corrected chi connectivity index (χ0v) is 22.4. The lowest BCUT2D eigenvalue weighted by atomic mass is 10.0. The molecule has 1 aliphatic heterocycles. The van der Waals surface area contributed by atoms with Gasteiger partial charge < -0.3 is 14.8 Å². The van der Waals surface area contributed by atoms with Crippen molar-refractivity contribution < 1.29 is 4.79 Å². The van der Waals surface area contributed by atoms with E-state index in [1.165, 1.54) is 11.5 Å².